The number of aliphatic hydroxyl groups excluding tert-OH is 1. The van der Waals surface area contributed by atoms with Gasteiger partial charge in [0.1, 0.15) is 12.4 Å². The summed E-state index contributed by atoms with van der Waals surface area (Å²) >= 11 is 0. The lowest BCUT2D eigenvalue weighted by atomic mass is 10.1. The molecule has 126 valence electrons. The van der Waals surface area contributed by atoms with Crippen molar-refractivity contribution in [3.63, 3.8) is 0 Å². The summed E-state index contributed by atoms with van der Waals surface area (Å²) in [6.45, 7) is 3.20. The van der Waals surface area contributed by atoms with Gasteiger partial charge in [-0.2, -0.15) is 0 Å². The lowest BCUT2D eigenvalue weighted by Crippen LogP contribution is -2.54. The second-order valence-corrected chi connectivity index (χ2v) is 7.14. The molecule has 1 aromatic rings. The molecule has 1 aliphatic rings. The fraction of sp³-hybridized carbons (Fsp3) is 0.571. The molecule has 22 heavy (non-hydrogen) atoms. The molecular weight excluding hydrogens is 328 g/mol. The number of hydrogen-bond donors (Lipinski definition) is 3. The average Bonchev–Trinajstić information content (AvgIpc) is 2.43. The van der Waals surface area contributed by atoms with E-state index >= 15 is 0 Å². The molecule has 0 bridgehead atoms. The molecule has 0 amide bonds. The summed E-state index contributed by atoms with van der Waals surface area (Å²) in [5.41, 5.74) is 1.12. The van der Waals surface area contributed by atoms with E-state index in [0.717, 1.165) is 5.56 Å². The molecule has 2 atom stereocenters. The molecule has 8 heteroatoms. The number of piperidine rings is 1. The van der Waals surface area contributed by atoms with Gasteiger partial charge in [0.15, 0.2) is 0 Å². The quantitative estimate of drug-likeness (QED) is 0.693. The predicted molar refractivity (Wildman–Crippen MR) is 88.1 cm³/mol. The van der Waals surface area contributed by atoms with Gasteiger partial charge < -0.3 is 15.2 Å². The van der Waals surface area contributed by atoms with Gasteiger partial charge in [-0.15, -0.1) is 12.4 Å². The lowest BCUT2D eigenvalue weighted by Gasteiger charge is -2.28. The fourth-order valence-corrected chi connectivity index (χ4v) is 3.28. The van der Waals surface area contributed by atoms with Crippen molar-refractivity contribution in [2.75, 3.05) is 25.4 Å². The van der Waals surface area contributed by atoms with E-state index in [1.165, 1.54) is 0 Å². The van der Waals surface area contributed by atoms with Gasteiger partial charge in [-0.3, -0.25) is 0 Å². The normalized spacial score (nSPS) is 21.9. The summed E-state index contributed by atoms with van der Waals surface area (Å²) in [5.74, 6) is 0.513. The van der Waals surface area contributed by atoms with Crippen LogP contribution in [0.4, 0.5) is 0 Å². The molecule has 2 rings (SSSR count). The van der Waals surface area contributed by atoms with E-state index in [2.05, 4.69) is 10.0 Å². The number of aryl methyl sites for hydroxylation is 1. The fourth-order valence-electron chi connectivity index (χ4n) is 2.16. The van der Waals surface area contributed by atoms with Crippen LogP contribution in [0.25, 0.3) is 0 Å². The minimum Gasteiger partial charge on any atom is -0.492 e. The Bertz CT molecular complexity index is 550. The Balaban J connectivity index is 0.00000242. The number of hydrogen-bond acceptors (Lipinski definition) is 5. The Morgan fingerprint density at radius 2 is 2.05 bits per heavy atom. The smallest absolute Gasteiger partial charge is 0.215 e. The largest absolute Gasteiger partial charge is 0.492 e. The Hall–Kier alpha value is -0.860. The second-order valence-electron chi connectivity index (χ2n) is 5.26. The zero-order chi connectivity index (χ0) is 15.3. The van der Waals surface area contributed by atoms with Crippen LogP contribution in [0.5, 0.6) is 5.75 Å². The maximum Gasteiger partial charge on any atom is 0.215 e. The van der Waals surface area contributed by atoms with Gasteiger partial charge in [0, 0.05) is 6.54 Å². The van der Waals surface area contributed by atoms with E-state index in [9.17, 15) is 13.5 Å². The van der Waals surface area contributed by atoms with E-state index in [-0.39, 0.29) is 24.8 Å². The summed E-state index contributed by atoms with van der Waals surface area (Å²) in [7, 11) is -3.47. The van der Waals surface area contributed by atoms with E-state index in [4.69, 9.17) is 4.74 Å². The van der Waals surface area contributed by atoms with Crippen LogP contribution < -0.4 is 14.8 Å². The molecule has 1 aromatic carbocycles. The van der Waals surface area contributed by atoms with Gasteiger partial charge in [0.05, 0.1) is 17.9 Å². The molecule has 1 heterocycles. The summed E-state index contributed by atoms with van der Waals surface area (Å²) in [4.78, 5) is 0. The van der Waals surface area contributed by atoms with Gasteiger partial charge >= 0.3 is 0 Å². The maximum absolute atomic E-state index is 12.0. The third-order valence-corrected chi connectivity index (χ3v) is 4.78. The van der Waals surface area contributed by atoms with Crippen LogP contribution in [-0.2, 0) is 10.0 Å². The average molecular weight is 351 g/mol. The van der Waals surface area contributed by atoms with Crippen LogP contribution >= 0.6 is 12.4 Å². The maximum atomic E-state index is 12.0. The predicted octanol–water partition coefficient (Wildman–Crippen LogP) is 0.438. The van der Waals surface area contributed by atoms with Crippen LogP contribution in [0.15, 0.2) is 24.3 Å². The molecule has 0 unspecified atom stereocenters. The molecule has 1 saturated heterocycles. The van der Waals surface area contributed by atoms with E-state index in [1.807, 2.05) is 31.2 Å². The number of aliphatic hydroxyl groups is 1. The number of rotatable bonds is 6. The van der Waals surface area contributed by atoms with Crippen molar-refractivity contribution in [1.29, 1.82) is 0 Å². The van der Waals surface area contributed by atoms with Crippen molar-refractivity contribution in [2.45, 2.75) is 25.5 Å². The van der Waals surface area contributed by atoms with Crippen molar-refractivity contribution in [3.05, 3.63) is 29.8 Å². The molecule has 6 nitrogen and oxygen atoms in total. The Morgan fingerprint density at radius 3 is 2.68 bits per heavy atom. The third-order valence-electron chi connectivity index (χ3n) is 3.42. The number of benzene rings is 1. The van der Waals surface area contributed by atoms with Crippen molar-refractivity contribution in [3.8, 4) is 5.75 Å². The molecule has 1 aliphatic heterocycles. The first-order valence-electron chi connectivity index (χ1n) is 7.04. The van der Waals surface area contributed by atoms with E-state index in [0.29, 0.717) is 25.3 Å². The second kappa shape index (κ2) is 8.69. The number of nitrogens with one attached hydrogen (secondary N) is 2. The number of halogens is 1. The minimum absolute atomic E-state index is 0. The number of sulfonamides is 1. The highest BCUT2D eigenvalue weighted by molar-refractivity contribution is 7.89. The van der Waals surface area contributed by atoms with Gasteiger partial charge in [0.25, 0.3) is 0 Å². The molecule has 0 aromatic heterocycles. The van der Waals surface area contributed by atoms with Crippen LogP contribution in [0.3, 0.4) is 0 Å². The number of ether oxygens (including phenoxy) is 1. The monoisotopic (exact) mass is 350 g/mol. The third kappa shape index (κ3) is 6.10. The minimum atomic E-state index is -3.47. The highest BCUT2D eigenvalue weighted by Gasteiger charge is 2.26. The summed E-state index contributed by atoms with van der Waals surface area (Å²) < 4.78 is 31.9. The van der Waals surface area contributed by atoms with E-state index in [1.54, 1.807) is 0 Å². The van der Waals surface area contributed by atoms with Gasteiger partial charge in [-0.1, -0.05) is 17.7 Å². The molecule has 1 fully saturated rings. The molecule has 3 N–H and O–H groups in total. The molecular formula is C14H23ClN2O4S. The lowest BCUT2D eigenvalue weighted by molar-refractivity contribution is 0.109. The summed E-state index contributed by atoms with van der Waals surface area (Å²) in [6.07, 6.45) is -0.0911. The zero-order valence-electron chi connectivity index (χ0n) is 12.5. The van der Waals surface area contributed by atoms with Crippen LogP contribution in [0.2, 0.25) is 0 Å². The standard InChI is InChI=1S/C14H22N2O4S.ClH/c1-11-2-4-12(5-3-11)20-8-9-21(18,19)16-13-10-15-7-6-14(13)17;/h2-5,13-17H,6-10H2,1H3;1H/t13-,14+;/m0./s1. The topological polar surface area (TPSA) is 87.7 Å². The molecule has 0 saturated carbocycles. The summed E-state index contributed by atoms with van der Waals surface area (Å²) in [6, 6.07) is 6.97. The van der Waals surface area contributed by atoms with Crippen molar-refractivity contribution in [2.24, 2.45) is 0 Å². The van der Waals surface area contributed by atoms with E-state index < -0.39 is 22.2 Å². The SMILES string of the molecule is Cc1ccc(OCCS(=O)(=O)N[C@H]2CNCC[C@H]2O)cc1.Cl. The Labute approximate surface area is 137 Å². The summed E-state index contributed by atoms with van der Waals surface area (Å²) in [5, 5.41) is 12.8. The highest BCUT2D eigenvalue weighted by atomic mass is 35.5. The first kappa shape index (κ1) is 19.2. The van der Waals surface area contributed by atoms with Crippen molar-refractivity contribution in [1.82, 2.24) is 10.0 Å². The van der Waals surface area contributed by atoms with Crippen LogP contribution in [0, 0.1) is 6.92 Å². The van der Waals surface area contributed by atoms with Crippen LogP contribution in [0.1, 0.15) is 12.0 Å². The molecule has 0 radical (unpaired) electrons. The Morgan fingerprint density at radius 1 is 1.36 bits per heavy atom. The zero-order valence-corrected chi connectivity index (χ0v) is 14.1. The van der Waals surface area contributed by atoms with Gasteiger partial charge in [0.2, 0.25) is 10.0 Å². The van der Waals surface area contributed by atoms with Crippen molar-refractivity contribution < 1.29 is 18.3 Å². The first-order valence-corrected chi connectivity index (χ1v) is 8.70. The van der Waals surface area contributed by atoms with Crippen molar-refractivity contribution >= 4 is 22.4 Å². The Kier molecular flexibility index (Phi) is 7.58. The molecule has 0 spiro atoms. The van der Waals surface area contributed by atoms with Gasteiger partial charge in [-0.05, 0) is 32.0 Å². The van der Waals surface area contributed by atoms with Gasteiger partial charge in [-0.25, -0.2) is 13.1 Å². The first-order chi connectivity index (χ1) is 9.96. The molecule has 0 aliphatic carbocycles. The highest BCUT2D eigenvalue weighted by Crippen LogP contribution is 2.11. The van der Waals surface area contributed by atoms with Crippen LogP contribution in [-0.4, -0.2) is 51.1 Å².